The van der Waals surface area contributed by atoms with E-state index in [4.69, 9.17) is 9.47 Å². The van der Waals surface area contributed by atoms with Crippen LogP contribution in [-0.4, -0.2) is 91.9 Å². The molecule has 138 valence electrons. The van der Waals surface area contributed by atoms with E-state index in [0.29, 0.717) is 12.5 Å². The zero-order valence-corrected chi connectivity index (χ0v) is 15.0. The van der Waals surface area contributed by atoms with Gasteiger partial charge < -0.3 is 14.4 Å². The minimum Gasteiger partial charge on any atom is -0.474 e. The van der Waals surface area contributed by atoms with Crippen LogP contribution in [0.5, 0.6) is 5.88 Å². The summed E-state index contributed by atoms with van der Waals surface area (Å²) in [5.41, 5.74) is 0. The van der Waals surface area contributed by atoms with Gasteiger partial charge in [-0.15, -0.1) is 0 Å². The molecule has 0 radical (unpaired) electrons. The first-order valence-corrected chi connectivity index (χ1v) is 9.60. The Balaban J connectivity index is 1.28. The molecule has 0 unspecified atom stereocenters. The summed E-state index contributed by atoms with van der Waals surface area (Å²) in [6.07, 6.45) is 6.33. The second kappa shape index (κ2) is 8.29. The molecular weight excluding hydrogens is 318 g/mol. The molecule has 0 N–H and O–H groups in total. The van der Waals surface area contributed by atoms with Crippen LogP contribution in [0.1, 0.15) is 12.8 Å². The highest BCUT2D eigenvalue weighted by molar-refractivity contribution is 5.48. The maximum atomic E-state index is 5.98. The Morgan fingerprint density at radius 2 is 1.72 bits per heavy atom. The van der Waals surface area contributed by atoms with Crippen molar-refractivity contribution in [2.45, 2.75) is 12.8 Å². The molecule has 0 aromatic carbocycles. The van der Waals surface area contributed by atoms with E-state index < -0.39 is 0 Å². The van der Waals surface area contributed by atoms with Crippen molar-refractivity contribution in [3.05, 3.63) is 12.4 Å². The number of rotatable bonds is 7. The maximum absolute atomic E-state index is 5.98. The molecule has 1 aromatic rings. The van der Waals surface area contributed by atoms with E-state index >= 15 is 0 Å². The van der Waals surface area contributed by atoms with Crippen molar-refractivity contribution in [2.24, 2.45) is 5.92 Å². The van der Waals surface area contributed by atoms with Crippen LogP contribution in [0.15, 0.2) is 12.4 Å². The van der Waals surface area contributed by atoms with Gasteiger partial charge in [0, 0.05) is 64.8 Å². The Morgan fingerprint density at radius 1 is 0.960 bits per heavy atom. The third-order valence-corrected chi connectivity index (χ3v) is 5.28. The number of hydrogen-bond acceptors (Lipinski definition) is 7. The minimum atomic E-state index is 0.646. The van der Waals surface area contributed by atoms with Gasteiger partial charge in [0.1, 0.15) is 6.61 Å². The molecule has 0 atom stereocenters. The number of ether oxygens (including phenoxy) is 2. The van der Waals surface area contributed by atoms with Gasteiger partial charge in [0.15, 0.2) is 5.82 Å². The van der Waals surface area contributed by atoms with Crippen LogP contribution >= 0.6 is 0 Å². The lowest BCUT2D eigenvalue weighted by molar-refractivity contribution is 0.0320. The van der Waals surface area contributed by atoms with Crippen molar-refractivity contribution < 1.29 is 9.47 Å². The molecular formula is C18H29N5O2. The van der Waals surface area contributed by atoms with Crippen LogP contribution in [0.3, 0.4) is 0 Å². The van der Waals surface area contributed by atoms with Crippen molar-refractivity contribution in [2.75, 3.05) is 77.1 Å². The molecule has 0 amide bonds. The summed E-state index contributed by atoms with van der Waals surface area (Å²) in [5, 5.41) is 0. The molecule has 2 aliphatic heterocycles. The SMILES string of the molecule is c1cnc(N2CCN(CC3CC3)CC2)c(OCCN2CCOCC2)n1. The Kier molecular flexibility index (Phi) is 5.64. The zero-order valence-electron chi connectivity index (χ0n) is 15.0. The van der Waals surface area contributed by atoms with Crippen LogP contribution in [0, 0.1) is 5.92 Å². The normalized spacial score (nSPS) is 23.0. The third kappa shape index (κ3) is 4.80. The average Bonchev–Trinajstić information content (AvgIpc) is 3.48. The molecule has 1 saturated carbocycles. The van der Waals surface area contributed by atoms with Gasteiger partial charge in [0.05, 0.1) is 13.2 Å². The number of hydrogen-bond donors (Lipinski definition) is 0. The fraction of sp³-hybridized carbons (Fsp3) is 0.778. The Hall–Kier alpha value is -1.44. The Morgan fingerprint density at radius 3 is 2.48 bits per heavy atom. The largest absolute Gasteiger partial charge is 0.474 e. The first kappa shape index (κ1) is 17.0. The second-order valence-electron chi connectivity index (χ2n) is 7.22. The lowest BCUT2D eigenvalue weighted by Gasteiger charge is -2.35. The van der Waals surface area contributed by atoms with Crippen LogP contribution in [0.2, 0.25) is 0 Å². The molecule has 0 spiro atoms. The van der Waals surface area contributed by atoms with Crippen molar-refractivity contribution in [3.8, 4) is 5.88 Å². The monoisotopic (exact) mass is 347 g/mol. The van der Waals surface area contributed by atoms with Crippen LogP contribution in [0.25, 0.3) is 0 Å². The highest BCUT2D eigenvalue weighted by Crippen LogP contribution is 2.30. The third-order valence-electron chi connectivity index (χ3n) is 5.28. The van der Waals surface area contributed by atoms with Gasteiger partial charge in [-0.3, -0.25) is 9.80 Å². The van der Waals surface area contributed by atoms with E-state index in [9.17, 15) is 0 Å². The molecule has 3 aliphatic rings. The number of morpholine rings is 1. The lowest BCUT2D eigenvalue weighted by Crippen LogP contribution is -2.47. The summed E-state index contributed by atoms with van der Waals surface area (Å²) >= 11 is 0. The van der Waals surface area contributed by atoms with Crippen LogP contribution < -0.4 is 9.64 Å². The molecule has 3 fully saturated rings. The van der Waals surface area contributed by atoms with E-state index in [1.54, 1.807) is 12.4 Å². The topological polar surface area (TPSA) is 54.0 Å². The van der Waals surface area contributed by atoms with Crippen molar-refractivity contribution in [1.82, 2.24) is 19.8 Å². The predicted octanol–water partition coefficient (Wildman–Crippen LogP) is 0.720. The van der Waals surface area contributed by atoms with Gasteiger partial charge >= 0.3 is 0 Å². The molecule has 2 saturated heterocycles. The first-order valence-electron chi connectivity index (χ1n) is 9.60. The van der Waals surface area contributed by atoms with E-state index in [1.165, 1.54) is 19.4 Å². The molecule has 1 aliphatic carbocycles. The molecule has 4 rings (SSSR count). The molecule has 0 bridgehead atoms. The summed E-state index contributed by atoms with van der Waals surface area (Å²) in [6, 6.07) is 0. The van der Waals surface area contributed by atoms with Gasteiger partial charge in [-0.1, -0.05) is 0 Å². The maximum Gasteiger partial charge on any atom is 0.257 e. The molecule has 1 aromatic heterocycles. The van der Waals surface area contributed by atoms with Gasteiger partial charge in [0.25, 0.3) is 5.88 Å². The number of piperazine rings is 1. The molecule has 25 heavy (non-hydrogen) atoms. The van der Waals surface area contributed by atoms with Crippen molar-refractivity contribution >= 4 is 5.82 Å². The molecule has 7 heteroatoms. The summed E-state index contributed by atoms with van der Waals surface area (Å²) < 4.78 is 11.4. The van der Waals surface area contributed by atoms with Gasteiger partial charge in [-0.2, -0.15) is 0 Å². The highest BCUT2D eigenvalue weighted by atomic mass is 16.5. The van der Waals surface area contributed by atoms with Crippen molar-refractivity contribution in [3.63, 3.8) is 0 Å². The van der Waals surface area contributed by atoms with Crippen LogP contribution in [-0.2, 0) is 4.74 Å². The minimum absolute atomic E-state index is 0.646. The number of anilines is 1. The van der Waals surface area contributed by atoms with E-state index in [1.807, 2.05) is 0 Å². The van der Waals surface area contributed by atoms with E-state index in [0.717, 1.165) is 70.8 Å². The smallest absolute Gasteiger partial charge is 0.257 e. The molecule has 7 nitrogen and oxygen atoms in total. The highest BCUT2D eigenvalue weighted by Gasteiger charge is 2.27. The summed E-state index contributed by atoms with van der Waals surface area (Å²) in [4.78, 5) is 16.3. The van der Waals surface area contributed by atoms with Crippen molar-refractivity contribution in [1.29, 1.82) is 0 Å². The van der Waals surface area contributed by atoms with Gasteiger partial charge in [0.2, 0.25) is 0 Å². The Labute approximate surface area is 149 Å². The predicted molar refractivity (Wildman–Crippen MR) is 96.2 cm³/mol. The van der Waals surface area contributed by atoms with Gasteiger partial charge in [-0.05, 0) is 18.8 Å². The number of aromatic nitrogens is 2. The fourth-order valence-electron chi connectivity index (χ4n) is 3.54. The zero-order chi connectivity index (χ0) is 16.9. The van der Waals surface area contributed by atoms with E-state index in [-0.39, 0.29) is 0 Å². The fourth-order valence-corrected chi connectivity index (χ4v) is 3.54. The van der Waals surface area contributed by atoms with Gasteiger partial charge in [-0.25, -0.2) is 9.97 Å². The van der Waals surface area contributed by atoms with Crippen LogP contribution in [0.4, 0.5) is 5.82 Å². The quantitative estimate of drug-likeness (QED) is 0.720. The standard InChI is InChI=1S/C18H29N5O2/c1-2-16(1)15-22-5-7-23(8-6-22)17-18(20-4-3-19-17)25-14-11-21-9-12-24-13-10-21/h3-4,16H,1-2,5-15H2. The first-order chi connectivity index (χ1) is 12.4. The average molecular weight is 347 g/mol. The van der Waals surface area contributed by atoms with E-state index in [2.05, 4.69) is 24.7 Å². The lowest BCUT2D eigenvalue weighted by atomic mass is 10.3. The summed E-state index contributed by atoms with van der Waals surface area (Å²) in [5.74, 6) is 2.53. The molecule has 3 heterocycles. The Bertz CT molecular complexity index is 540. The summed E-state index contributed by atoms with van der Waals surface area (Å²) in [7, 11) is 0. The number of nitrogens with zero attached hydrogens (tertiary/aromatic N) is 5. The second-order valence-corrected chi connectivity index (χ2v) is 7.22. The summed E-state index contributed by atoms with van der Waals surface area (Å²) in [6.45, 7) is 10.7.